The van der Waals surface area contributed by atoms with Crippen LogP contribution in [0.5, 0.6) is 0 Å². The first-order valence-corrected chi connectivity index (χ1v) is 6.08. The molecular weight excluding hydrogens is 214 g/mol. The zero-order valence-corrected chi connectivity index (χ0v) is 10.8. The molecule has 0 spiro atoms. The Balaban J connectivity index is 2.14. The molecule has 0 aromatic carbocycles. The molecule has 2 atom stereocenters. The maximum absolute atomic E-state index is 9.81. The maximum atomic E-state index is 9.81. The Kier molecular flexibility index (Phi) is 3.64. The molecule has 1 N–H and O–H groups in total. The first kappa shape index (κ1) is 12.3. The van der Waals surface area contributed by atoms with Gasteiger partial charge in [-0.25, -0.2) is 4.98 Å². The number of β-amino-alcohol motifs (C(OH)–C–C–N with tert-alkyl or cyclic N) is 1. The van der Waals surface area contributed by atoms with Gasteiger partial charge < -0.3 is 14.9 Å². The molecule has 2 rings (SSSR count). The van der Waals surface area contributed by atoms with Gasteiger partial charge in [-0.2, -0.15) is 0 Å². The number of hydrogen-bond donors (Lipinski definition) is 1. The summed E-state index contributed by atoms with van der Waals surface area (Å²) in [5.41, 5.74) is 1.16. The van der Waals surface area contributed by atoms with Crippen LogP contribution in [-0.2, 0) is 0 Å². The molecule has 0 bridgehead atoms. The number of likely N-dealkylation sites (N-methyl/N-ethyl adjacent to an activating group) is 1. The molecule has 1 aromatic heterocycles. The number of pyridine rings is 1. The summed E-state index contributed by atoms with van der Waals surface area (Å²) in [6.45, 7) is 3.67. The lowest BCUT2D eigenvalue weighted by molar-refractivity contribution is 0.191. The summed E-state index contributed by atoms with van der Waals surface area (Å²) in [6, 6.07) is 4.46. The van der Waals surface area contributed by atoms with Crippen molar-refractivity contribution in [1.29, 1.82) is 0 Å². The molecule has 4 heteroatoms. The molecule has 2 unspecified atom stereocenters. The van der Waals surface area contributed by atoms with E-state index in [9.17, 15) is 5.11 Å². The minimum absolute atomic E-state index is 0.233. The van der Waals surface area contributed by atoms with Crippen molar-refractivity contribution in [2.24, 2.45) is 0 Å². The van der Waals surface area contributed by atoms with E-state index in [1.54, 1.807) is 0 Å². The van der Waals surface area contributed by atoms with E-state index < -0.39 is 0 Å². The molecule has 0 aliphatic carbocycles. The van der Waals surface area contributed by atoms with Gasteiger partial charge in [-0.15, -0.1) is 0 Å². The zero-order valence-electron chi connectivity index (χ0n) is 10.8. The van der Waals surface area contributed by atoms with Crippen LogP contribution in [0.25, 0.3) is 0 Å². The molecule has 1 aliphatic rings. The first-order valence-electron chi connectivity index (χ1n) is 6.08. The number of anilines is 1. The summed E-state index contributed by atoms with van der Waals surface area (Å²) in [5, 5.41) is 9.81. The van der Waals surface area contributed by atoms with Crippen LogP contribution in [0, 0.1) is 6.92 Å². The second kappa shape index (κ2) is 5.02. The number of aromatic nitrogens is 1. The van der Waals surface area contributed by atoms with E-state index in [2.05, 4.69) is 34.9 Å². The van der Waals surface area contributed by atoms with Gasteiger partial charge in [0.05, 0.1) is 6.10 Å². The Morgan fingerprint density at radius 3 is 2.82 bits per heavy atom. The predicted molar refractivity (Wildman–Crippen MR) is 69.3 cm³/mol. The number of aliphatic hydroxyl groups excluding tert-OH is 1. The van der Waals surface area contributed by atoms with Crippen LogP contribution < -0.4 is 4.90 Å². The summed E-state index contributed by atoms with van der Waals surface area (Å²) >= 11 is 0. The highest BCUT2D eigenvalue weighted by Gasteiger charge is 2.31. The van der Waals surface area contributed by atoms with Gasteiger partial charge in [0, 0.05) is 25.3 Å². The minimum atomic E-state index is -0.233. The van der Waals surface area contributed by atoms with Crippen molar-refractivity contribution < 1.29 is 5.11 Å². The standard InChI is InChI=1S/C13H21N3O/c1-10-4-5-13(14-7-10)16-9-12(17)6-11(16)8-15(2)3/h4-5,7,11-12,17H,6,8-9H2,1-3H3. The Morgan fingerprint density at radius 1 is 1.47 bits per heavy atom. The van der Waals surface area contributed by atoms with Crippen LogP contribution in [0.3, 0.4) is 0 Å². The van der Waals surface area contributed by atoms with Crippen molar-refractivity contribution >= 4 is 5.82 Å². The van der Waals surface area contributed by atoms with Gasteiger partial charge >= 0.3 is 0 Å². The molecule has 1 aromatic rings. The van der Waals surface area contributed by atoms with E-state index in [1.165, 1.54) is 0 Å². The molecule has 17 heavy (non-hydrogen) atoms. The van der Waals surface area contributed by atoms with Crippen LogP contribution in [0.15, 0.2) is 18.3 Å². The van der Waals surface area contributed by atoms with Crippen molar-refractivity contribution in [1.82, 2.24) is 9.88 Å². The monoisotopic (exact) mass is 235 g/mol. The SMILES string of the molecule is Cc1ccc(N2CC(O)CC2CN(C)C)nc1. The largest absolute Gasteiger partial charge is 0.391 e. The van der Waals surface area contributed by atoms with Crippen molar-refractivity contribution in [3.63, 3.8) is 0 Å². The van der Waals surface area contributed by atoms with Gasteiger partial charge in [-0.3, -0.25) is 0 Å². The molecule has 0 saturated carbocycles. The normalized spacial score (nSPS) is 24.6. The van der Waals surface area contributed by atoms with E-state index in [-0.39, 0.29) is 6.10 Å². The van der Waals surface area contributed by atoms with Gasteiger partial charge in [0.15, 0.2) is 0 Å². The molecule has 1 aliphatic heterocycles. The Labute approximate surface area is 103 Å². The summed E-state index contributed by atoms with van der Waals surface area (Å²) in [6.07, 6.45) is 2.48. The third-order valence-corrected chi connectivity index (χ3v) is 3.16. The zero-order chi connectivity index (χ0) is 12.4. The van der Waals surface area contributed by atoms with Gasteiger partial charge in [-0.05, 0) is 39.1 Å². The lowest BCUT2D eigenvalue weighted by Gasteiger charge is -2.27. The number of rotatable bonds is 3. The molecular formula is C13H21N3O. The fraction of sp³-hybridized carbons (Fsp3) is 0.615. The third kappa shape index (κ3) is 2.96. The Bertz CT molecular complexity index is 363. The molecule has 4 nitrogen and oxygen atoms in total. The Morgan fingerprint density at radius 2 is 2.24 bits per heavy atom. The van der Waals surface area contributed by atoms with Gasteiger partial charge in [0.1, 0.15) is 5.82 Å². The first-order chi connectivity index (χ1) is 8.06. The predicted octanol–water partition coefficient (Wildman–Crippen LogP) is 0.891. The second-order valence-corrected chi connectivity index (χ2v) is 5.15. The highest BCUT2D eigenvalue weighted by molar-refractivity contribution is 5.42. The average molecular weight is 235 g/mol. The summed E-state index contributed by atoms with van der Waals surface area (Å²) in [7, 11) is 4.12. The minimum Gasteiger partial charge on any atom is -0.391 e. The smallest absolute Gasteiger partial charge is 0.128 e. The van der Waals surface area contributed by atoms with Crippen LogP contribution >= 0.6 is 0 Å². The van der Waals surface area contributed by atoms with E-state index >= 15 is 0 Å². The van der Waals surface area contributed by atoms with Crippen LogP contribution in [0.2, 0.25) is 0 Å². The number of nitrogens with zero attached hydrogens (tertiary/aromatic N) is 3. The lowest BCUT2D eigenvalue weighted by Crippen LogP contribution is -2.38. The van der Waals surface area contributed by atoms with Gasteiger partial charge in [0.2, 0.25) is 0 Å². The van der Waals surface area contributed by atoms with Crippen molar-refractivity contribution in [3.05, 3.63) is 23.9 Å². The van der Waals surface area contributed by atoms with Crippen LogP contribution in [-0.4, -0.2) is 54.3 Å². The van der Waals surface area contributed by atoms with Crippen LogP contribution in [0.4, 0.5) is 5.82 Å². The fourth-order valence-electron chi connectivity index (χ4n) is 2.40. The quantitative estimate of drug-likeness (QED) is 0.844. The van der Waals surface area contributed by atoms with Crippen LogP contribution in [0.1, 0.15) is 12.0 Å². The molecule has 1 saturated heterocycles. The molecule has 1 fully saturated rings. The van der Waals surface area contributed by atoms with Crippen molar-refractivity contribution in [2.45, 2.75) is 25.5 Å². The fourth-order valence-corrected chi connectivity index (χ4v) is 2.40. The van der Waals surface area contributed by atoms with Gasteiger partial charge in [0.25, 0.3) is 0 Å². The van der Waals surface area contributed by atoms with E-state index in [1.807, 2.05) is 19.2 Å². The number of aliphatic hydroxyl groups is 1. The molecule has 94 valence electrons. The van der Waals surface area contributed by atoms with E-state index in [0.717, 1.165) is 24.3 Å². The van der Waals surface area contributed by atoms with Crippen molar-refractivity contribution in [3.8, 4) is 0 Å². The topological polar surface area (TPSA) is 39.6 Å². The Hall–Kier alpha value is -1.13. The average Bonchev–Trinajstić information content (AvgIpc) is 2.59. The van der Waals surface area contributed by atoms with Gasteiger partial charge in [-0.1, -0.05) is 6.07 Å². The third-order valence-electron chi connectivity index (χ3n) is 3.16. The maximum Gasteiger partial charge on any atom is 0.128 e. The summed E-state index contributed by atoms with van der Waals surface area (Å²) < 4.78 is 0. The highest BCUT2D eigenvalue weighted by Crippen LogP contribution is 2.24. The molecule has 0 amide bonds. The number of hydrogen-bond acceptors (Lipinski definition) is 4. The van der Waals surface area contributed by atoms with Crippen molar-refractivity contribution in [2.75, 3.05) is 32.1 Å². The second-order valence-electron chi connectivity index (χ2n) is 5.15. The molecule has 2 heterocycles. The lowest BCUT2D eigenvalue weighted by atomic mass is 10.2. The summed E-state index contributed by atoms with van der Waals surface area (Å²) in [5.74, 6) is 0.971. The highest BCUT2D eigenvalue weighted by atomic mass is 16.3. The van der Waals surface area contributed by atoms with E-state index in [0.29, 0.717) is 12.6 Å². The molecule has 0 radical (unpaired) electrons. The summed E-state index contributed by atoms with van der Waals surface area (Å²) in [4.78, 5) is 8.82. The van der Waals surface area contributed by atoms with E-state index in [4.69, 9.17) is 0 Å². The number of aryl methyl sites for hydroxylation is 1.